The molecule has 1 amide bonds. The van der Waals surface area contributed by atoms with Crippen LogP contribution >= 0.6 is 11.6 Å². The van der Waals surface area contributed by atoms with Gasteiger partial charge in [0.1, 0.15) is 10.6 Å². The summed E-state index contributed by atoms with van der Waals surface area (Å²) in [6, 6.07) is 4.28. The maximum Gasteiger partial charge on any atom is 0.300 e. The summed E-state index contributed by atoms with van der Waals surface area (Å²) in [5.41, 5.74) is -0.400. The summed E-state index contributed by atoms with van der Waals surface area (Å²) in [5.74, 6) is -0.0400. The summed E-state index contributed by atoms with van der Waals surface area (Å²) < 4.78 is 5.38. The van der Waals surface area contributed by atoms with Crippen molar-refractivity contribution in [1.29, 1.82) is 0 Å². The van der Waals surface area contributed by atoms with Crippen LogP contribution in [0.2, 0.25) is 5.02 Å². The van der Waals surface area contributed by atoms with Crippen molar-refractivity contribution in [2.45, 2.75) is 20.3 Å². The van der Waals surface area contributed by atoms with Gasteiger partial charge in [-0.15, -0.1) is 0 Å². The third-order valence-electron chi connectivity index (χ3n) is 2.62. The number of rotatable bonds is 8. The van der Waals surface area contributed by atoms with Gasteiger partial charge in [0, 0.05) is 19.8 Å². The van der Waals surface area contributed by atoms with E-state index < -0.39 is 10.8 Å². The topological polar surface area (TPSA) is 81.5 Å². The van der Waals surface area contributed by atoms with Crippen molar-refractivity contribution in [2.75, 3.05) is 19.8 Å². The van der Waals surface area contributed by atoms with E-state index >= 15 is 0 Å². The maximum atomic E-state index is 11.9. The van der Waals surface area contributed by atoms with Gasteiger partial charge in [-0.25, -0.2) is 0 Å². The molecule has 0 saturated carbocycles. The van der Waals surface area contributed by atoms with Crippen LogP contribution < -0.4 is 5.32 Å². The zero-order valence-electron chi connectivity index (χ0n) is 12.1. The summed E-state index contributed by atoms with van der Waals surface area (Å²) in [7, 11) is 0. The van der Waals surface area contributed by atoms with Crippen LogP contribution in [0.5, 0.6) is 0 Å². The van der Waals surface area contributed by atoms with Crippen LogP contribution in [0.3, 0.4) is 0 Å². The van der Waals surface area contributed by atoms with Crippen LogP contribution in [-0.2, 0) is 4.74 Å². The Hall–Kier alpha value is -1.66. The predicted molar refractivity (Wildman–Crippen MR) is 80.7 cm³/mol. The molecule has 0 aliphatic carbocycles. The van der Waals surface area contributed by atoms with Gasteiger partial charge in [-0.1, -0.05) is 31.5 Å². The molecule has 0 aliphatic heterocycles. The van der Waals surface area contributed by atoms with E-state index in [1.807, 2.05) is 0 Å². The van der Waals surface area contributed by atoms with E-state index in [0.717, 1.165) is 0 Å². The molecule has 6 nitrogen and oxygen atoms in total. The molecule has 1 aromatic rings. The Bertz CT molecular complexity index is 506. The number of hydrogen-bond acceptors (Lipinski definition) is 4. The molecule has 0 saturated heterocycles. The van der Waals surface area contributed by atoms with Gasteiger partial charge in [-0.2, -0.15) is 0 Å². The first-order chi connectivity index (χ1) is 9.93. The molecular weight excluding hydrogens is 296 g/mol. The van der Waals surface area contributed by atoms with E-state index in [1.165, 1.54) is 18.2 Å². The highest BCUT2D eigenvalue weighted by atomic mass is 35.5. The highest BCUT2D eigenvalue weighted by molar-refractivity contribution is 6.33. The second-order valence-corrected chi connectivity index (χ2v) is 5.38. The molecular formula is C14H19ClN2O4. The molecule has 0 radical (unpaired) electrons. The fraction of sp³-hybridized carbons (Fsp3) is 0.500. The van der Waals surface area contributed by atoms with Gasteiger partial charge in [-0.05, 0) is 24.5 Å². The number of carbonyl (C=O) groups is 1. The number of nitrogens with zero attached hydrogens (tertiary/aromatic N) is 1. The van der Waals surface area contributed by atoms with Crippen molar-refractivity contribution < 1.29 is 14.5 Å². The van der Waals surface area contributed by atoms with Gasteiger partial charge in [0.15, 0.2) is 0 Å². The minimum atomic E-state index is -0.650. The maximum absolute atomic E-state index is 11.9. The van der Waals surface area contributed by atoms with Crippen molar-refractivity contribution >= 4 is 23.2 Å². The predicted octanol–water partition coefficient (Wildman–Crippen LogP) is 3.04. The van der Waals surface area contributed by atoms with Gasteiger partial charge in [0.25, 0.3) is 5.91 Å². The summed E-state index contributed by atoms with van der Waals surface area (Å²) in [6.07, 6.45) is 0.646. The van der Waals surface area contributed by atoms with E-state index in [9.17, 15) is 14.9 Å². The van der Waals surface area contributed by atoms with Crippen LogP contribution in [0.4, 0.5) is 5.69 Å². The molecule has 116 valence electrons. The number of amides is 1. The first-order valence-electron chi connectivity index (χ1n) is 6.72. The zero-order valence-corrected chi connectivity index (χ0v) is 12.9. The lowest BCUT2D eigenvalue weighted by Crippen LogP contribution is -2.26. The summed E-state index contributed by atoms with van der Waals surface area (Å²) in [6.45, 7) is 5.71. The monoisotopic (exact) mass is 314 g/mol. The normalized spacial score (nSPS) is 10.7. The molecule has 0 bridgehead atoms. The number of nitrogens with one attached hydrogen (secondary N) is 1. The van der Waals surface area contributed by atoms with E-state index in [4.69, 9.17) is 16.3 Å². The van der Waals surface area contributed by atoms with Crippen molar-refractivity contribution in [3.8, 4) is 0 Å². The van der Waals surface area contributed by atoms with E-state index in [1.54, 1.807) is 0 Å². The Kier molecular flexibility index (Phi) is 7.11. The molecule has 0 fully saturated rings. The summed E-state index contributed by atoms with van der Waals surface area (Å²) >= 11 is 5.76. The first kappa shape index (κ1) is 17.4. The lowest BCUT2D eigenvalue weighted by atomic mass is 10.1. The van der Waals surface area contributed by atoms with Crippen molar-refractivity contribution in [3.63, 3.8) is 0 Å². The van der Waals surface area contributed by atoms with Gasteiger partial charge in [-0.3, -0.25) is 14.9 Å². The number of nitro benzene ring substituents is 1. The lowest BCUT2D eigenvalue weighted by molar-refractivity contribution is -0.385. The molecule has 1 aromatic carbocycles. The van der Waals surface area contributed by atoms with Crippen molar-refractivity contribution in [1.82, 2.24) is 5.32 Å². The van der Waals surface area contributed by atoms with Crippen LogP contribution in [0.25, 0.3) is 0 Å². The SMILES string of the molecule is CC(C)COCCCNC(=O)c1cccc(Cl)c1[N+](=O)[O-]. The average molecular weight is 315 g/mol. The number of ether oxygens (including phenoxy) is 1. The number of benzene rings is 1. The Labute approximate surface area is 128 Å². The third kappa shape index (κ3) is 5.69. The molecule has 0 heterocycles. The molecule has 0 aliphatic rings. The highest BCUT2D eigenvalue weighted by Gasteiger charge is 2.23. The van der Waals surface area contributed by atoms with Gasteiger partial charge < -0.3 is 10.1 Å². The fourth-order valence-electron chi connectivity index (χ4n) is 1.67. The third-order valence-corrected chi connectivity index (χ3v) is 2.92. The second kappa shape index (κ2) is 8.59. The van der Waals surface area contributed by atoms with Crippen LogP contribution in [0, 0.1) is 16.0 Å². The van der Waals surface area contributed by atoms with Crippen molar-refractivity contribution in [3.05, 3.63) is 38.9 Å². The first-order valence-corrected chi connectivity index (χ1v) is 7.10. The van der Waals surface area contributed by atoms with Gasteiger partial charge >= 0.3 is 5.69 Å². The molecule has 21 heavy (non-hydrogen) atoms. The largest absolute Gasteiger partial charge is 0.381 e. The number of hydrogen-bond donors (Lipinski definition) is 1. The van der Waals surface area contributed by atoms with Gasteiger partial charge in [0.05, 0.1) is 4.92 Å². The number of nitro groups is 1. The molecule has 0 atom stereocenters. The Morgan fingerprint density at radius 2 is 2.19 bits per heavy atom. The average Bonchev–Trinajstić information content (AvgIpc) is 2.41. The standard InChI is InChI=1S/C14H19ClN2O4/c1-10(2)9-21-8-4-7-16-14(18)11-5-3-6-12(15)13(11)17(19)20/h3,5-6,10H,4,7-9H2,1-2H3,(H,16,18). The van der Waals surface area contributed by atoms with Crippen LogP contribution in [-0.4, -0.2) is 30.6 Å². The summed E-state index contributed by atoms with van der Waals surface area (Å²) in [5, 5.41) is 13.5. The van der Waals surface area contributed by atoms with Crippen molar-refractivity contribution in [2.24, 2.45) is 5.92 Å². The Morgan fingerprint density at radius 3 is 2.81 bits per heavy atom. The quantitative estimate of drug-likeness (QED) is 0.454. The van der Waals surface area contributed by atoms with E-state index in [-0.39, 0.29) is 16.3 Å². The molecule has 0 spiro atoms. The minimum Gasteiger partial charge on any atom is -0.381 e. The smallest absolute Gasteiger partial charge is 0.300 e. The van der Waals surface area contributed by atoms with E-state index in [2.05, 4.69) is 19.2 Å². The second-order valence-electron chi connectivity index (χ2n) is 4.97. The van der Waals surface area contributed by atoms with Crippen LogP contribution in [0.1, 0.15) is 30.6 Å². The number of halogens is 1. The zero-order chi connectivity index (χ0) is 15.8. The molecule has 0 aromatic heterocycles. The Balaban J connectivity index is 2.50. The van der Waals surface area contributed by atoms with Gasteiger partial charge in [0.2, 0.25) is 0 Å². The molecule has 1 N–H and O–H groups in total. The molecule has 1 rings (SSSR count). The summed E-state index contributed by atoms with van der Waals surface area (Å²) in [4.78, 5) is 22.2. The molecule has 7 heteroatoms. The highest BCUT2D eigenvalue weighted by Crippen LogP contribution is 2.27. The molecule has 0 unspecified atom stereocenters. The Morgan fingerprint density at radius 1 is 1.48 bits per heavy atom. The lowest BCUT2D eigenvalue weighted by Gasteiger charge is -2.08. The fourth-order valence-corrected chi connectivity index (χ4v) is 1.92. The minimum absolute atomic E-state index is 0.0319. The number of carbonyl (C=O) groups excluding carboxylic acids is 1. The van der Waals surface area contributed by atoms with Crippen LogP contribution in [0.15, 0.2) is 18.2 Å². The number of para-hydroxylation sites is 1. The van der Waals surface area contributed by atoms with E-state index in [0.29, 0.717) is 32.1 Å².